The van der Waals surface area contributed by atoms with E-state index in [0.717, 1.165) is 12.0 Å². The number of carbonyl (C=O) groups excluding carboxylic acids is 2. The van der Waals surface area contributed by atoms with Crippen LogP contribution in [0.3, 0.4) is 0 Å². The highest BCUT2D eigenvalue weighted by atomic mass is 16.6. The van der Waals surface area contributed by atoms with Crippen LogP contribution in [-0.4, -0.2) is 73.6 Å². The number of hydrogen-bond donors (Lipinski definition) is 1. The van der Waals surface area contributed by atoms with Gasteiger partial charge in [-0.15, -0.1) is 0 Å². The zero-order chi connectivity index (χ0) is 24.2. The van der Waals surface area contributed by atoms with Gasteiger partial charge >= 0.3 is 0 Å². The fourth-order valence-electron chi connectivity index (χ4n) is 4.08. The standard InChI is InChI=1S/C26H30N2O6/c1-4-13-32-19-8-5-17(6-9-19)23-22(25(30)26(31)28(23)12-11-27(2)3)24(29)18-7-10-20-21(16-18)34-15-14-33-20/h5-10,16,23,29H,4,11-15H2,1-3H3/t23-/m1/s1. The molecule has 0 aromatic heterocycles. The minimum atomic E-state index is -0.714. The van der Waals surface area contributed by atoms with Crippen LogP contribution in [0.25, 0.3) is 5.76 Å². The second-order valence-electron chi connectivity index (χ2n) is 8.57. The summed E-state index contributed by atoms with van der Waals surface area (Å²) < 4.78 is 16.9. The van der Waals surface area contributed by atoms with Crippen LogP contribution in [0.5, 0.6) is 17.2 Å². The monoisotopic (exact) mass is 466 g/mol. The van der Waals surface area contributed by atoms with E-state index in [2.05, 4.69) is 0 Å². The fraction of sp³-hybridized carbons (Fsp3) is 0.385. The Morgan fingerprint density at radius 3 is 2.47 bits per heavy atom. The number of Topliss-reactive ketones (excluding diaryl/α,β-unsaturated/α-hetero) is 1. The van der Waals surface area contributed by atoms with Crippen LogP contribution in [0.2, 0.25) is 0 Å². The Hall–Kier alpha value is -3.52. The van der Waals surface area contributed by atoms with Gasteiger partial charge < -0.3 is 29.1 Å². The molecule has 0 unspecified atom stereocenters. The van der Waals surface area contributed by atoms with Crippen molar-refractivity contribution >= 4 is 17.4 Å². The maximum absolute atomic E-state index is 13.2. The third-order valence-corrected chi connectivity index (χ3v) is 5.81. The lowest BCUT2D eigenvalue weighted by atomic mass is 9.95. The maximum Gasteiger partial charge on any atom is 0.295 e. The SMILES string of the molecule is CCCOc1ccc([C@@H]2C(=C(O)c3ccc4c(c3)OCCO4)C(=O)C(=O)N2CCN(C)C)cc1. The lowest BCUT2D eigenvalue weighted by molar-refractivity contribution is -0.140. The van der Waals surface area contributed by atoms with Gasteiger partial charge in [0.05, 0.1) is 18.2 Å². The number of rotatable bonds is 8. The van der Waals surface area contributed by atoms with Crippen LogP contribution in [0.1, 0.15) is 30.5 Å². The van der Waals surface area contributed by atoms with Crippen LogP contribution >= 0.6 is 0 Å². The van der Waals surface area contributed by atoms with Gasteiger partial charge in [0, 0.05) is 18.7 Å². The van der Waals surface area contributed by atoms with Gasteiger partial charge in [-0.3, -0.25) is 9.59 Å². The van der Waals surface area contributed by atoms with Gasteiger partial charge in [0.25, 0.3) is 11.7 Å². The lowest BCUT2D eigenvalue weighted by Gasteiger charge is -2.27. The molecule has 1 atom stereocenters. The summed E-state index contributed by atoms with van der Waals surface area (Å²) in [5.41, 5.74) is 1.17. The van der Waals surface area contributed by atoms with Crippen molar-refractivity contribution in [3.05, 3.63) is 59.2 Å². The zero-order valence-electron chi connectivity index (χ0n) is 19.7. The van der Waals surface area contributed by atoms with Crippen molar-refractivity contribution in [2.24, 2.45) is 0 Å². The molecule has 34 heavy (non-hydrogen) atoms. The van der Waals surface area contributed by atoms with E-state index in [-0.39, 0.29) is 11.3 Å². The second-order valence-corrected chi connectivity index (χ2v) is 8.57. The molecule has 1 saturated heterocycles. The fourth-order valence-corrected chi connectivity index (χ4v) is 4.08. The molecule has 2 aliphatic heterocycles. The molecule has 0 saturated carbocycles. The summed E-state index contributed by atoms with van der Waals surface area (Å²) in [7, 11) is 3.81. The molecule has 1 N–H and O–H groups in total. The smallest absolute Gasteiger partial charge is 0.295 e. The molecule has 180 valence electrons. The molecular formula is C26H30N2O6. The Balaban J connectivity index is 1.76. The van der Waals surface area contributed by atoms with Crippen molar-refractivity contribution in [1.29, 1.82) is 0 Å². The van der Waals surface area contributed by atoms with E-state index in [1.807, 2.05) is 50.2 Å². The second kappa shape index (κ2) is 10.2. The first-order valence-electron chi connectivity index (χ1n) is 11.5. The molecule has 2 aromatic rings. The molecule has 4 rings (SSSR count). The predicted molar refractivity (Wildman–Crippen MR) is 127 cm³/mol. The van der Waals surface area contributed by atoms with E-state index in [0.29, 0.717) is 55.7 Å². The largest absolute Gasteiger partial charge is 0.507 e. The molecular weight excluding hydrogens is 436 g/mol. The molecule has 8 heteroatoms. The summed E-state index contributed by atoms with van der Waals surface area (Å²) in [6, 6.07) is 11.6. The van der Waals surface area contributed by atoms with Crippen molar-refractivity contribution in [2.45, 2.75) is 19.4 Å². The summed E-state index contributed by atoms with van der Waals surface area (Å²) in [4.78, 5) is 29.6. The Kier molecular flexibility index (Phi) is 7.07. The number of ether oxygens (including phenoxy) is 3. The quantitative estimate of drug-likeness (QED) is 0.363. The number of carbonyl (C=O) groups is 2. The Morgan fingerprint density at radius 2 is 1.79 bits per heavy atom. The number of likely N-dealkylation sites (tertiary alicyclic amines) is 1. The van der Waals surface area contributed by atoms with Gasteiger partial charge in [0.1, 0.15) is 24.7 Å². The molecule has 0 radical (unpaired) electrons. The molecule has 1 amide bonds. The number of nitrogens with zero attached hydrogens (tertiary/aromatic N) is 2. The number of benzene rings is 2. The van der Waals surface area contributed by atoms with Gasteiger partial charge in [0.2, 0.25) is 0 Å². The molecule has 0 spiro atoms. The zero-order valence-corrected chi connectivity index (χ0v) is 19.7. The summed E-state index contributed by atoms with van der Waals surface area (Å²) >= 11 is 0. The number of likely N-dealkylation sites (N-methyl/N-ethyl adjacent to an activating group) is 1. The van der Waals surface area contributed by atoms with Crippen LogP contribution in [0.15, 0.2) is 48.0 Å². The number of fused-ring (bicyclic) bond motifs is 1. The number of amides is 1. The molecule has 0 aliphatic carbocycles. The molecule has 2 aromatic carbocycles. The van der Waals surface area contributed by atoms with Crippen LogP contribution in [0, 0.1) is 0 Å². The number of aliphatic hydroxyl groups is 1. The Bertz CT molecular complexity index is 1090. The summed E-state index contributed by atoms with van der Waals surface area (Å²) in [6.45, 7) is 4.40. The first kappa shape index (κ1) is 23.6. The summed E-state index contributed by atoms with van der Waals surface area (Å²) in [5.74, 6) is 0.209. The van der Waals surface area contributed by atoms with Gasteiger partial charge in [-0.05, 0) is 56.4 Å². The highest BCUT2D eigenvalue weighted by Gasteiger charge is 2.46. The van der Waals surface area contributed by atoms with Crippen molar-refractivity contribution < 1.29 is 28.9 Å². The predicted octanol–water partition coefficient (Wildman–Crippen LogP) is 3.23. The van der Waals surface area contributed by atoms with Crippen molar-refractivity contribution in [3.63, 3.8) is 0 Å². The first-order chi connectivity index (χ1) is 16.4. The van der Waals surface area contributed by atoms with Gasteiger partial charge in [-0.1, -0.05) is 19.1 Å². The van der Waals surface area contributed by atoms with Crippen molar-refractivity contribution in [2.75, 3.05) is 47.0 Å². The molecule has 2 heterocycles. The van der Waals surface area contributed by atoms with Gasteiger partial charge in [-0.25, -0.2) is 0 Å². The minimum Gasteiger partial charge on any atom is -0.507 e. The molecule has 0 bridgehead atoms. The van der Waals surface area contributed by atoms with E-state index in [9.17, 15) is 14.7 Å². The van der Waals surface area contributed by atoms with Crippen molar-refractivity contribution in [1.82, 2.24) is 9.80 Å². The maximum atomic E-state index is 13.2. The van der Waals surface area contributed by atoms with Gasteiger partial charge in [-0.2, -0.15) is 0 Å². The summed E-state index contributed by atoms with van der Waals surface area (Å²) in [6.07, 6.45) is 0.891. The third-order valence-electron chi connectivity index (χ3n) is 5.81. The Labute approximate surface area is 199 Å². The first-order valence-corrected chi connectivity index (χ1v) is 11.5. The summed E-state index contributed by atoms with van der Waals surface area (Å²) in [5, 5.41) is 11.3. The minimum absolute atomic E-state index is 0.0580. The van der Waals surface area contributed by atoms with E-state index in [1.165, 1.54) is 4.90 Å². The van der Waals surface area contributed by atoms with Crippen LogP contribution in [0.4, 0.5) is 0 Å². The lowest BCUT2D eigenvalue weighted by Crippen LogP contribution is -2.35. The molecule has 1 fully saturated rings. The van der Waals surface area contributed by atoms with E-state index in [1.54, 1.807) is 18.2 Å². The van der Waals surface area contributed by atoms with E-state index >= 15 is 0 Å². The number of aliphatic hydroxyl groups excluding tert-OH is 1. The van der Waals surface area contributed by atoms with Gasteiger partial charge in [0.15, 0.2) is 11.5 Å². The third kappa shape index (κ3) is 4.72. The Morgan fingerprint density at radius 1 is 1.09 bits per heavy atom. The average molecular weight is 467 g/mol. The average Bonchev–Trinajstić information content (AvgIpc) is 3.10. The molecule has 2 aliphatic rings. The van der Waals surface area contributed by atoms with E-state index in [4.69, 9.17) is 14.2 Å². The molecule has 8 nitrogen and oxygen atoms in total. The van der Waals surface area contributed by atoms with Crippen LogP contribution < -0.4 is 14.2 Å². The highest BCUT2D eigenvalue weighted by Crippen LogP contribution is 2.41. The normalized spacial score (nSPS) is 19.1. The number of hydrogen-bond acceptors (Lipinski definition) is 7. The number of ketones is 1. The van der Waals surface area contributed by atoms with Crippen LogP contribution in [-0.2, 0) is 9.59 Å². The highest BCUT2D eigenvalue weighted by molar-refractivity contribution is 6.46. The van der Waals surface area contributed by atoms with E-state index < -0.39 is 17.7 Å². The van der Waals surface area contributed by atoms with Crippen molar-refractivity contribution in [3.8, 4) is 17.2 Å². The topological polar surface area (TPSA) is 88.5 Å².